The Morgan fingerprint density at radius 1 is 1.00 bits per heavy atom. The Bertz CT molecular complexity index is 996. The van der Waals surface area contributed by atoms with Gasteiger partial charge in [0.05, 0.1) is 33.3 Å². The van der Waals surface area contributed by atoms with Crippen molar-refractivity contribution < 1.29 is 27.4 Å². The van der Waals surface area contributed by atoms with Crippen LogP contribution in [0.2, 0.25) is 5.02 Å². The smallest absolute Gasteiger partial charge is 0.247 e. The van der Waals surface area contributed by atoms with Crippen LogP contribution in [0, 0.1) is 0 Å². The number of hydrogen-bond acceptors (Lipinski definition) is 6. The predicted molar refractivity (Wildman–Crippen MR) is 113 cm³/mol. The summed E-state index contributed by atoms with van der Waals surface area (Å²) < 4.78 is 41.6. The van der Waals surface area contributed by atoms with Gasteiger partial charge in [-0.15, -0.1) is 0 Å². The molecule has 0 aliphatic heterocycles. The second kappa shape index (κ2) is 9.23. The minimum absolute atomic E-state index is 0.164. The zero-order chi connectivity index (χ0) is 21.8. The van der Waals surface area contributed by atoms with E-state index in [1.54, 1.807) is 24.3 Å². The Kier molecular flexibility index (Phi) is 7.21. The highest BCUT2D eigenvalue weighted by atomic mass is 35.5. The zero-order valence-corrected chi connectivity index (χ0v) is 18.3. The SMILES string of the molecule is COc1ccc(NC(=O)C(C)N(c2cc(Cl)ccc2OC)S(C)(=O)=O)cc1OC. The number of halogens is 1. The maximum absolute atomic E-state index is 12.8. The second-order valence-electron chi connectivity index (χ2n) is 6.11. The fourth-order valence-electron chi connectivity index (χ4n) is 2.78. The predicted octanol–water partition coefficient (Wildman–Crippen LogP) is 3.16. The largest absolute Gasteiger partial charge is 0.495 e. The number of hydrogen-bond donors (Lipinski definition) is 1. The number of nitrogens with one attached hydrogen (secondary N) is 1. The van der Waals surface area contributed by atoms with Crippen LogP contribution in [0.5, 0.6) is 17.2 Å². The van der Waals surface area contributed by atoms with Gasteiger partial charge in [-0.2, -0.15) is 0 Å². The molecule has 0 heterocycles. The summed E-state index contributed by atoms with van der Waals surface area (Å²) >= 11 is 6.04. The van der Waals surface area contributed by atoms with Gasteiger partial charge in [-0.3, -0.25) is 9.10 Å². The lowest BCUT2D eigenvalue weighted by atomic mass is 10.2. The number of anilines is 2. The van der Waals surface area contributed by atoms with Crippen molar-refractivity contribution >= 4 is 38.9 Å². The quantitative estimate of drug-likeness (QED) is 0.674. The molecule has 0 aliphatic carbocycles. The van der Waals surface area contributed by atoms with Crippen LogP contribution in [-0.2, 0) is 14.8 Å². The second-order valence-corrected chi connectivity index (χ2v) is 8.41. The third-order valence-electron chi connectivity index (χ3n) is 4.12. The highest BCUT2D eigenvalue weighted by Crippen LogP contribution is 2.35. The fourth-order valence-corrected chi connectivity index (χ4v) is 4.11. The van der Waals surface area contributed by atoms with E-state index in [1.165, 1.54) is 40.4 Å². The number of carbonyl (C=O) groups is 1. The minimum Gasteiger partial charge on any atom is -0.495 e. The first kappa shape index (κ1) is 22.6. The van der Waals surface area contributed by atoms with Gasteiger partial charge in [0.25, 0.3) is 0 Å². The summed E-state index contributed by atoms with van der Waals surface area (Å²) in [6.45, 7) is 1.47. The van der Waals surface area contributed by atoms with Gasteiger partial charge >= 0.3 is 0 Å². The molecule has 2 aromatic rings. The first-order chi connectivity index (χ1) is 13.6. The van der Waals surface area contributed by atoms with Crippen LogP contribution in [0.25, 0.3) is 0 Å². The van der Waals surface area contributed by atoms with Gasteiger partial charge in [-0.1, -0.05) is 11.6 Å². The van der Waals surface area contributed by atoms with E-state index in [2.05, 4.69) is 5.32 Å². The first-order valence-corrected chi connectivity index (χ1v) is 10.7. The molecule has 1 N–H and O–H groups in total. The average Bonchev–Trinajstić information content (AvgIpc) is 2.67. The number of benzene rings is 2. The molecule has 0 bridgehead atoms. The van der Waals surface area contributed by atoms with Crippen molar-refractivity contribution in [1.29, 1.82) is 0 Å². The van der Waals surface area contributed by atoms with Crippen LogP contribution in [-0.4, -0.2) is 48.0 Å². The molecule has 0 aromatic heterocycles. The van der Waals surface area contributed by atoms with Crippen molar-refractivity contribution in [3.63, 3.8) is 0 Å². The lowest BCUT2D eigenvalue weighted by Crippen LogP contribution is -2.45. The summed E-state index contributed by atoms with van der Waals surface area (Å²) in [5.74, 6) is 0.643. The van der Waals surface area contributed by atoms with Crippen molar-refractivity contribution in [2.45, 2.75) is 13.0 Å². The summed E-state index contributed by atoms with van der Waals surface area (Å²) in [5.41, 5.74) is 0.587. The maximum atomic E-state index is 12.8. The van der Waals surface area contributed by atoms with Crippen molar-refractivity contribution in [2.24, 2.45) is 0 Å². The molecule has 0 radical (unpaired) electrons. The molecule has 0 spiro atoms. The van der Waals surface area contributed by atoms with Crippen LogP contribution in [0.4, 0.5) is 11.4 Å². The molecule has 2 aromatic carbocycles. The van der Waals surface area contributed by atoms with Crippen molar-refractivity contribution in [1.82, 2.24) is 0 Å². The Labute approximate surface area is 175 Å². The average molecular weight is 443 g/mol. The Morgan fingerprint density at radius 3 is 2.14 bits per heavy atom. The molecule has 2 rings (SSSR count). The first-order valence-electron chi connectivity index (χ1n) is 8.48. The molecule has 0 aliphatic rings. The summed E-state index contributed by atoms with van der Waals surface area (Å²) in [6, 6.07) is 8.28. The van der Waals surface area contributed by atoms with Crippen LogP contribution in [0.3, 0.4) is 0 Å². The maximum Gasteiger partial charge on any atom is 0.247 e. The van der Waals surface area contributed by atoms with E-state index in [9.17, 15) is 13.2 Å². The van der Waals surface area contributed by atoms with Crippen LogP contribution in [0.1, 0.15) is 6.92 Å². The van der Waals surface area contributed by atoms with E-state index >= 15 is 0 Å². The van der Waals surface area contributed by atoms with E-state index in [4.69, 9.17) is 25.8 Å². The number of nitrogens with zero attached hydrogens (tertiary/aromatic N) is 1. The van der Waals surface area contributed by atoms with E-state index in [1.807, 2.05) is 0 Å². The normalized spacial score (nSPS) is 12.1. The molecule has 0 saturated carbocycles. The molecule has 29 heavy (non-hydrogen) atoms. The standard InChI is InChI=1S/C19H23ClN2O6S/c1-12(19(23)21-14-7-9-17(27-3)18(11-14)28-4)22(29(5,24)25)15-10-13(20)6-8-16(15)26-2/h6-12H,1-5H3,(H,21,23). The highest BCUT2D eigenvalue weighted by Gasteiger charge is 2.31. The van der Waals surface area contributed by atoms with E-state index in [0.717, 1.165) is 10.6 Å². The van der Waals surface area contributed by atoms with Gasteiger partial charge in [0.2, 0.25) is 15.9 Å². The van der Waals surface area contributed by atoms with Gasteiger partial charge in [0, 0.05) is 16.8 Å². The fraction of sp³-hybridized carbons (Fsp3) is 0.316. The van der Waals surface area contributed by atoms with Gasteiger partial charge < -0.3 is 19.5 Å². The molecule has 1 amide bonds. The molecule has 158 valence electrons. The van der Waals surface area contributed by atoms with Gasteiger partial charge in [-0.25, -0.2) is 8.42 Å². The van der Waals surface area contributed by atoms with E-state index < -0.39 is 22.0 Å². The molecule has 10 heteroatoms. The molecule has 1 unspecified atom stereocenters. The number of sulfonamides is 1. The lowest BCUT2D eigenvalue weighted by Gasteiger charge is -2.29. The third kappa shape index (κ3) is 5.24. The monoisotopic (exact) mass is 442 g/mol. The molecule has 0 fully saturated rings. The third-order valence-corrected chi connectivity index (χ3v) is 5.58. The summed E-state index contributed by atoms with van der Waals surface area (Å²) in [7, 11) is 0.542. The van der Waals surface area contributed by atoms with Crippen LogP contribution in [0.15, 0.2) is 36.4 Å². The Hall–Kier alpha value is -2.65. The highest BCUT2D eigenvalue weighted by molar-refractivity contribution is 7.92. The van der Waals surface area contributed by atoms with Gasteiger partial charge in [0.1, 0.15) is 11.8 Å². The number of amides is 1. The van der Waals surface area contributed by atoms with Gasteiger partial charge in [0.15, 0.2) is 11.5 Å². The molecular weight excluding hydrogens is 420 g/mol. The lowest BCUT2D eigenvalue weighted by molar-refractivity contribution is -0.116. The summed E-state index contributed by atoms with van der Waals surface area (Å²) in [6.07, 6.45) is 1.01. The number of ether oxygens (including phenoxy) is 3. The molecule has 8 nitrogen and oxygen atoms in total. The van der Waals surface area contributed by atoms with Crippen LogP contribution < -0.4 is 23.8 Å². The van der Waals surface area contributed by atoms with E-state index in [-0.39, 0.29) is 11.4 Å². The molecule has 0 saturated heterocycles. The Morgan fingerprint density at radius 2 is 1.59 bits per heavy atom. The summed E-state index contributed by atoms with van der Waals surface area (Å²) in [4.78, 5) is 12.8. The van der Waals surface area contributed by atoms with E-state index in [0.29, 0.717) is 22.2 Å². The topological polar surface area (TPSA) is 94.2 Å². The van der Waals surface area contributed by atoms with Gasteiger partial charge in [-0.05, 0) is 37.3 Å². The van der Waals surface area contributed by atoms with Crippen molar-refractivity contribution in [2.75, 3.05) is 37.2 Å². The van der Waals surface area contributed by atoms with Crippen molar-refractivity contribution in [3.05, 3.63) is 41.4 Å². The molecule has 1 atom stereocenters. The number of rotatable bonds is 8. The minimum atomic E-state index is -3.84. The Balaban J connectivity index is 2.39. The number of carbonyl (C=O) groups excluding carboxylic acids is 1. The zero-order valence-electron chi connectivity index (χ0n) is 16.7. The number of methoxy groups -OCH3 is 3. The summed E-state index contributed by atoms with van der Waals surface area (Å²) in [5, 5.41) is 3.00. The van der Waals surface area contributed by atoms with Crippen molar-refractivity contribution in [3.8, 4) is 17.2 Å². The molecular formula is C19H23ClN2O6S. The van der Waals surface area contributed by atoms with Crippen LogP contribution >= 0.6 is 11.6 Å².